The topological polar surface area (TPSA) is 62.2 Å². The van der Waals surface area contributed by atoms with Gasteiger partial charge in [-0.2, -0.15) is 0 Å². The SMILES string of the molecule is O=C(O)c1cc(Cl)nc(Nc2cc(F)cc(F)c2F)c1. The molecule has 0 radical (unpaired) electrons. The number of hydrogen-bond donors (Lipinski definition) is 2. The van der Waals surface area contributed by atoms with Crippen LogP contribution in [0, 0.1) is 17.5 Å². The van der Waals surface area contributed by atoms with Gasteiger partial charge >= 0.3 is 5.97 Å². The van der Waals surface area contributed by atoms with E-state index in [4.69, 9.17) is 16.7 Å². The average Bonchev–Trinajstić information content (AvgIpc) is 2.34. The molecule has 1 aromatic carbocycles. The van der Waals surface area contributed by atoms with Gasteiger partial charge in [-0.15, -0.1) is 0 Å². The van der Waals surface area contributed by atoms with E-state index in [1.807, 2.05) is 0 Å². The van der Waals surface area contributed by atoms with Crippen LogP contribution >= 0.6 is 11.6 Å². The predicted octanol–water partition coefficient (Wildman–Crippen LogP) is 3.59. The molecule has 0 bridgehead atoms. The minimum Gasteiger partial charge on any atom is -0.478 e. The summed E-state index contributed by atoms with van der Waals surface area (Å²) in [5.74, 6) is -5.12. The normalized spacial score (nSPS) is 10.4. The van der Waals surface area contributed by atoms with Crippen molar-refractivity contribution in [2.45, 2.75) is 0 Å². The first-order chi connectivity index (χ1) is 9.36. The van der Waals surface area contributed by atoms with Crippen molar-refractivity contribution in [2.75, 3.05) is 5.32 Å². The van der Waals surface area contributed by atoms with Gasteiger partial charge in [0.2, 0.25) is 0 Å². The molecule has 0 aliphatic carbocycles. The number of carboxylic acid groups (broad SMARTS) is 1. The summed E-state index contributed by atoms with van der Waals surface area (Å²) in [6.45, 7) is 0. The number of hydrogen-bond acceptors (Lipinski definition) is 3. The average molecular weight is 303 g/mol. The summed E-state index contributed by atoms with van der Waals surface area (Å²) in [5, 5.41) is 10.9. The van der Waals surface area contributed by atoms with E-state index < -0.39 is 29.1 Å². The summed E-state index contributed by atoms with van der Waals surface area (Å²) in [5.41, 5.74) is -0.724. The summed E-state index contributed by atoms with van der Waals surface area (Å²) in [4.78, 5) is 14.5. The van der Waals surface area contributed by atoms with Gasteiger partial charge in [0, 0.05) is 12.1 Å². The monoisotopic (exact) mass is 302 g/mol. The molecule has 1 heterocycles. The third kappa shape index (κ3) is 3.00. The van der Waals surface area contributed by atoms with E-state index in [0.717, 1.165) is 12.1 Å². The Hall–Kier alpha value is -2.28. The minimum absolute atomic E-state index is 0.154. The van der Waals surface area contributed by atoms with Crippen molar-refractivity contribution in [3.05, 3.63) is 52.4 Å². The van der Waals surface area contributed by atoms with E-state index in [-0.39, 0.29) is 16.5 Å². The second kappa shape index (κ2) is 5.38. The minimum atomic E-state index is -1.38. The van der Waals surface area contributed by atoms with Gasteiger partial charge in [-0.1, -0.05) is 11.6 Å². The van der Waals surface area contributed by atoms with Gasteiger partial charge < -0.3 is 10.4 Å². The van der Waals surface area contributed by atoms with Gasteiger partial charge in [-0.05, 0) is 12.1 Å². The molecule has 0 aliphatic heterocycles. The first-order valence-corrected chi connectivity index (χ1v) is 5.57. The van der Waals surface area contributed by atoms with Crippen LogP contribution in [0.5, 0.6) is 0 Å². The van der Waals surface area contributed by atoms with Crippen LogP contribution in [0.3, 0.4) is 0 Å². The molecule has 0 spiro atoms. The molecule has 8 heteroatoms. The molecule has 0 saturated heterocycles. The Morgan fingerprint density at radius 2 is 1.90 bits per heavy atom. The first kappa shape index (κ1) is 14.1. The molecule has 0 atom stereocenters. The standard InChI is InChI=1S/C12H6ClF3N2O2/c13-9-1-5(12(19)20)2-10(18-9)17-8-4-6(14)3-7(15)11(8)16/h1-4H,(H,17,18)(H,19,20). The van der Waals surface area contributed by atoms with Crippen LogP contribution < -0.4 is 5.32 Å². The van der Waals surface area contributed by atoms with Crippen molar-refractivity contribution in [1.29, 1.82) is 0 Å². The Bertz CT molecular complexity index is 695. The van der Waals surface area contributed by atoms with Crippen LogP contribution in [0.4, 0.5) is 24.7 Å². The summed E-state index contributed by atoms with van der Waals surface area (Å²) in [6, 6.07) is 3.23. The maximum absolute atomic E-state index is 13.4. The fourth-order valence-electron chi connectivity index (χ4n) is 1.47. The van der Waals surface area contributed by atoms with E-state index in [1.165, 1.54) is 0 Å². The first-order valence-electron chi connectivity index (χ1n) is 5.19. The second-order valence-corrected chi connectivity index (χ2v) is 4.13. The Balaban J connectivity index is 2.42. The van der Waals surface area contributed by atoms with Crippen LogP contribution in [0.2, 0.25) is 5.15 Å². The van der Waals surface area contributed by atoms with Crippen molar-refractivity contribution >= 4 is 29.1 Å². The van der Waals surface area contributed by atoms with E-state index in [0.29, 0.717) is 12.1 Å². The van der Waals surface area contributed by atoms with Crippen molar-refractivity contribution in [2.24, 2.45) is 0 Å². The lowest BCUT2D eigenvalue weighted by atomic mass is 10.2. The number of carboxylic acids is 1. The number of benzene rings is 1. The number of nitrogens with zero attached hydrogens (tertiary/aromatic N) is 1. The molecule has 0 aliphatic rings. The molecule has 0 fully saturated rings. The molecule has 20 heavy (non-hydrogen) atoms. The van der Waals surface area contributed by atoms with Crippen LogP contribution in [0.1, 0.15) is 10.4 Å². The van der Waals surface area contributed by atoms with Crippen LogP contribution in [-0.2, 0) is 0 Å². The Kier molecular flexibility index (Phi) is 3.80. The smallest absolute Gasteiger partial charge is 0.335 e. The summed E-state index contributed by atoms with van der Waals surface area (Å²) in [7, 11) is 0. The van der Waals surface area contributed by atoms with Crippen molar-refractivity contribution in [3.63, 3.8) is 0 Å². The zero-order chi connectivity index (χ0) is 14.9. The third-order valence-corrected chi connectivity index (χ3v) is 2.49. The second-order valence-electron chi connectivity index (χ2n) is 3.74. The van der Waals surface area contributed by atoms with Crippen LogP contribution in [-0.4, -0.2) is 16.1 Å². The molecule has 0 saturated carbocycles. The van der Waals surface area contributed by atoms with Crippen molar-refractivity contribution in [1.82, 2.24) is 4.98 Å². The number of aromatic nitrogens is 1. The summed E-state index contributed by atoms with van der Waals surface area (Å²) in [6.07, 6.45) is 0. The van der Waals surface area contributed by atoms with Gasteiger partial charge in [0.05, 0.1) is 11.3 Å². The lowest BCUT2D eigenvalue weighted by molar-refractivity contribution is 0.0697. The Morgan fingerprint density at radius 1 is 1.20 bits per heavy atom. The molecular formula is C12H6ClF3N2O2. The Morgan fingerprint density at radius 3 is 2.55 bits per heavy atom. The lowest BCUT2D eigenvalue weighted by Crippen LogP contribution is -2.03. The van der Waals surface area contributed by atoms with Gasteiger partial charge in [0.1, 0.15) is 16.8 Å². The maximum Gasteiger partial charge on any atom is 0.335 e. The van der Waals surface area contributed by atoms with Crippen LogP contribution in [0.15, 0.2) is 24.3 Å². The van der Waals surface area contributed by atoms with Crippen LogP contribution in [0.25, 0.3) is 0 Å². The fraction of sp³-hybridized carbons (Fsp3) is 0. The number of pyridine rings is 1. The van der Waals surface area contributed by atoms with E-state index in [1.54, 1.807) is 0 Å². The fourth-order valence-corrected chi connectivity index (χ4v) is 1.68. The highest BCUT2D eigenvalue weighted by atomic mass is 35.5. The highest BCUT2D eigenvalue weighted by Crippen LogP contribution is 2.24. The third-order valence-electron chi connectivity index (χ3n) is 2.30. The highest BCUT2D eigenvalue weighted by molar-refractivity contribution is 6.29. The molecule has 2 aromatic rings. The molecule has 2 N–H and O–H groups in total. The molecule has 104 valence electrons. The Labute approximate surface area is 115 Å². The maximum atomic E-state index is 13.4. The number of carbonyl (C=O) groups is 1. The largest absolute Gasteiger partial charge is 0.478 e. The molecule has 0 unspecified atom stereocenters. The number of rotatable bonds is 3. The summed E-state index contributed by atoms with van der Waals surface area (Å²) < 4.78 is 39.5. The zero-order valence-corrected chi connectivity index (χ0v) is 10.4. The molecule has 1 aromatic heterocycles. The molecular weight excluding hydrogens is 297 g/mol. The number of nitrogens with one attached hydrogen (secondary N) is 1. The quantitative estimate of drug-likeness (QED) is 0.672. The van der Waals surface area contributed by atoms with Crippen molar-refractivity contribution in [3.8, 4) is 0 Å². The zero-order valence-electron chi connectivity index (χ0n) is 9.62. The summed E-state index contributed by atoms with van der Waals surface area (Å²) >= 11 is 5.61. The molecule has 0 amide bonds. The highest BCUT2D eigenvalue weighted by Gasteiger charge is 2.13. The molecule has 2 rings (SSSR count). The van der Waals surface area contributed by atoms with Gasteiger partial charge in [-0.3, -0.25) is 0 Å². The number of aromatic carboxylic acids is 1. The van der Waals surface area contributed by atoms with Gasteiger partial charge in [-0.25, -0.2) is 22.9 Å². The van der Waals surface area contributed by atoms with Crippen molar-refractivity contribution < 1.29 is 23.1 Å². The van der Waals surface area contributed by atoms with E-state index >= 15 is 0 Å². The number of anilines is 2. The van der Waals surface area contributed by atoms with Gasteiger partial charge in [0.15, 0.2) is 11.6 Å². The van der Waals surface area contributed by atoms with E-state index in [9.17, 15) is 18.0 Å². The predicted molar refractivity (Wildman–Crippen MR) is 65.8 cm³/mol. The molecule has 4 nitrogen and oxygen atoms in total. The van der Waals surface area contributed by atoms with E-state index in [2.05, 4.69) is 10.3 Å². The lowest BCUT2D eigenvalue weighted by Gasteiger charge is -2.08. The number of halogens is 4. The van der Waals surface area contributed by atoms with Gasteiger partial charge in [0.25, 0.3) is 0 Å².